The lowest BCUT2D eigenvalue weighted by Crippen LogP contribution is -2.45. The van der Waals surface area contributed by atoms with E-state index in [0.717, 1.165) is 5.56 Å². The Labute approximate surface area is 154 Å². The zero-order valence-corrected chi connectivity index (χ0v) is 14.8. The number of carbonyl (C=O) groups is 3. The molecular formula is C18H19N5O4. The van der Waals surface area contributed by atoms with Gasteiger partial charge in [-0.25, -0.2) is 9.98 Å². The van der Waals surface area contributed by atoms with Crippen LogP contribution in [0.15, 0.2) is 35.6 Å². The molecule has 1 aromatic heterocycles. The van der Waals surface area contributed by atoms with E-state index < -0.39 is 23.8 Å². The average Bonchev–Trinajstić information content (AvgIpc) is 3.16. The number of anilines is 1. The molecule has 4 N–H and O–H groups in total. The minimum absolute atomic E-state index is 0.0109. The number of hydrogen-bond acceptors (Lipinski definition) is 6. The molecule has 2 unspecified atom stereocenters. The summed E-state index contributed by atoms with van der Waals surface area (Å²) in [5, 5.41) is 14.4. The number of rotatable bonds is 6. The van der Waals surface area contributed by atoms with E-state index in [4.69, 9.17) is 5.11 Å². The van der Waals surface area contributed by atoms with Gasteiger partial charge in [-0.3, -0.25) is 14.4 Å². The Bertz CT molecular complexity index is 920. The van der Waals surface area contributed by atoms with Crippen molar-refractivity contribution in [3.63, 3.8) is 0 Å². The molecule has 1 aromatic carbocycles. The van der Waals surface area contributed by atoms with Crippen LogP contribution >= 0.6 is 0 Å². The SMILES string of the molecule is CC(NC(=O)C1=Nc2cc(CNc3ncc[nH]3)ccc2C(=O)C1C)C(=O)O. The molecule has 2 aromatic rings. The summed E-state index contributed by atoms with van der Waals surface area (Å²) in [5.41, 5.74) is 1.70. The standard InChI is InChI=1S/C18H19N5O4/c1-9-14(16(25)22-10(2)17(26)27)23-13-7-11(3-4-12(13)15(9)24)8-21-18-19-5-6-20-18/h3-7,9-10H,8H2,1-2H3,(H,22,25)(H,26,27)(H2,19,20,21). The third-order valence-corrected chi connectivity index (χ3v) is 4.28. The zero-order chi connectivity index (χ0) is 19.6. The maximum atomic E-state index is 12.6. The first-order valence-corrected chi connectivity index (χ1v) is 8.39. The van der Waals surface area contributed by atoms with E-state index in [2.05, 4.69) is 25.6 Å². The summed E-state index contributed by atoms with van der Waals surface area (Å²) >= 11 is 0. The molecule has 2 atom stereocenters. The van der Waals surface area contributed by atoms with Crippen molar-refractivity contribution < 1.29 is 19.5 Å². The number of fused-ring (bicyclic) bond motifs is 1. The van der Waals surface area contributed by atoms with Crippen LogP contribution in [0.25, 0.3) is 0 Å². The Hall–Kier alpha value is -3.49. The van der Waals surface area contributed by atoms with Crippen LogP contribution in [0.3, 0.4) is 0 Å². The summed E-state index contributed by atoms with van der Waals surface area (Å²) in [6, 6.07) is 4.15. The predicted octanol–water partition coefficient (Wildman–Crippen LogP) is 1.52. The fourth-order valence-corrected chi connectivity index (χ4v) is 2.70. The van der Waals surface area contributed by atoms with E-state index in [1.165, 1.54) is 6.92 Å². The number of benzene rings is 1. The predicted molar refractivity (Wildman–Crippen MR) is 98.2 cm³/mol. The minimum atomic E-state index is -1.16. The molecule has 0 spiro atoms. The first-order chi connectivity index (χ1) is 12.9. The zero-order valence-electron chi connectivity index (χ0n) is 14.8. The number of hydrogen-bond donors (Lipinski definition) is 4. The number of aromatic amines is 1. The molecule has 1 aliphatic heterocycles. The number of ketones is 1. The van der Waals surface area contributed by atoms with Crippen LogP contribution in [0.4, 0.5) is 11.6 Å². The molecule has 9 heteroatoms. The molecule has 0 aliphatic carbocycles. The summed E-state index contributed by atoms with van der Waals surface area (Å²) in [6.07, 6.45) is 3.32. The first-order valence-electron chi connectivity index (χ1n) is 8.39. The van der Waals surface area contributed by atoms with Crippen LogP contribution in [-0.4, -0.2) is 44.5 Å². The Balaban J connectivity index is 1.84. The van der Waals surface area contributed by atoms with Crippen LogP contribution in [0.1, 0.15) is 29.8 Å². The number of aromatic nitrogens is 2. The molecular weight excluding hydrogens is 350 g/mol. The van der Waals surface area contributed by atoms with Crippen molar-refractivity contribution in [3.8, 4) is 0 Å². The Morgan fingerprint density at radius 1 is 1.37 bits per heavy atom. The maximum Gasteiger partial charge on any atom is 0.325 e. The number of carbonyl (C=O) groups excluding carboxylic acids is 2. The van der Waals surface area contributed by atoms with Crippen LogP contribution in [0.2, 0.25) is 0 Å². The number of carboxylic acid groups (broad SMARTS) is 1. The first kappa shape index (κ1) is 18.3. The van der Waals surface area contributed by atoms with Gasteiger partial charge in [0.25, 0.3) is 5.91 Å². The number of carboxylic acids is 1. The van der Waals surface area contributed by atoms with Crippen molar-refractivity contribution >= 4 is 35.0 Å². The smallest absolute Gasteiger partial charge is 0.325 e. The number of imidazole rings is 1. The molecule has 1 aliphatic rings. The number of nitrogens with zero attached hydrogens (tertiary/aromatic N) is 2. The second-order valence-corrected chi connectivity index (χ2v) is 6.26. The summed E-state index contributed by atoms with van der Waals surface area (Å²) < 4.78 is 0. The third kappa shape index (κ3) is 3.86. The monoisotopic (exact) mass is 369 g/mol. The third-order valence-electron chi connectivity index (χ3n) is 4.28. The Kier molecular flexibility index (Phi) is 5.02. The molecule has 1 amide bonds. The van der Waals surface area contributed by atoms with Crippen molar-refractivity contribution in [1.29, 1.82) is 0 Å². The highest BCUT2D eigenvalue weighted by molar-refractivity contribution is 6.45. The van der Waals surface area contributed by atoms with E-state index in [9.17, 15) is 14.4 Å². The maximum absolute atomic E-state index is 12.6. The minimum Gasteiger partial charge on any atom is -0.480 e. The normalized spacial score (nSPS) is 16.9. The van der Waals surface area contributed by atoms with Gasteiger partial charge in [0.15, 0.2) is 11.7 Å². The van der Waals surface area contributed by atoms with E-state index in [1.54, 1.807) is 31.5 Å². The molecule has 27 heavy (non-hydrogen) atoms. The molecule has 0 saturated carbocycles. The molecule has 140 valence electrons. The van der Waals surface area contributed by atoms with Crippen molar-refractivity contribution in [1.82, 2.24) is 15.3 Å². The molecule has 2 heterocycles. The van der Waals surface area contributed by atoms with E-state index >= 15 is 0 Å². The highest BCUT2D eigenvalue weighted by Crippen LogP contribution is 2.30. The largest absolute Gasteiger partial charge is 0.480 e. The van der Waals surface area contributed by atoms with Gasteiger partial charge in [-0.2, -0.15) is 0 Å². The second-order valence-electron chi connectivity index (χ2n) is 6.26. The van der Waals surface area contributed by atoms with Crippen LogP contribution in [0.5, 0.6) is 0 Å². The van der Waals surface area contributed by atoms with Crippen molar-refractivity contribution in [3.05, 3.63) is 41.7 Å². The number of aliphatic carboxylic acids is 1. The number of amides is 1. The topological polar surface area (TPSA) is 137 Å². The lowest BCUT2D eigenvalue weighted by molar-refractivity contribution is -0.140. The van der Waals surface area contributed by atoms with Gasteiger partial charge in [0, 0.05) is 24.5 Å². The number of nitrogens with one attached hydrogen (secondary N) is 3. The van der Waals surface area contributed by atoms with Crippen LogP contribution in [-0.2, 0) is 16.1 Å². The van der Waals surface area contributed by atoms with Crippen molar-refractivity contribution in [2.75, 3.05) is 5.32 Å². The fourth-order valence-electron chi connectivity index (χ4n) is 2.70. The summed E-state index contributed by atoms with van der Waals surface area (Å²) in [7, 11) is 0. The lowest BCUT2D eigenvalue weighted by atomic mass is 9.89. The van der Waals surface area contributed by atoms with Crippen molar-refractivity contribution in [2.45, 2.75) is 26.4 Å². The van der Waals surface area contributed by atoms with E-state index in [-0.39, 0.29) is 11.5 Å². The van der Waals surface area contributed by atoms with E-state index in [0.29, 0.717) is 23.7 Å². The fraction of sp³-hybridized carbons (Fsp3) is 0.278. The number of H-pyrrole nitrogens is 1. The average molecular weight is 369 g/mol. The molecule has 0 radical (unpaired) electrons. The van der Waals surface area contributed by atoms with E-state index in [1.807, 2.05) is 6.07 Å². The van der Waals surface area contributed by atoms with Gasteiger partial charge in [0.05, 0.1) is 11.6 Å². The molecule has 0 bridgehead atoms. The van der Waals surface area contributed by atoms with Crippen molar-refractivity contribution in [2.24, 2.45) is 10.9 Å². The van der Waals surface area contributed by atoms with Gasteiger partial charge >= 0.3 is 5.97 Å². The summed E-state index contributed by atoms with van der Waals surface area (Å²) in [4.78, 5) is 47.2. The van der Waals surface area contributed by atoms with Gasteiger partial charge in [-0.05, 0) is 31.5 Å². The van der Waals surface area contributed by atoms with Gasteiger partial charge in [-0.15, -0.1) is 0 Å². The summed E-state index contributed by atoms with van der Waals surface area (Å²) in [5.74, 6) is -2.17. The quantitative estimate of drug-likeness (QED) is 0.609. The van der Waals surface area contributed by atoms with Gasteiger partial charge < -0.3 is 20.7 Å². The van der Waals surface area contributed by atoms with Gasteiger partial charge in [0.2, 0.25) is 0 Å². The molecule has 0 fully saturated rings. The Morgan fingerprint density at radius 3 is 2.81 bits per heavy atom. The number of Topliss-reactive ketones (excluding diaryl/α,β-unsaturated/α-hetero) is 1. The highest BCUT2D eigenvalue weighted by atomic mass is 16.4. The number of aliphatic imine (C=N–C) groups is 1. The highest BCUT2D eigenvalue weighted by Gasteiger charge is 2.33. The summed E-state index contributed by atoms with van der Waals surface area (Å²) in [6.45, 7) is 3.39. The lowest BCUT2D eigenvalue weighted by Gasteiger charge is -2.21. The molecule has 0 saturated heterocycles. The molecule has 9 nitrogen and oxygen atoms in total. The van der Waals surface area contributed by atoms with Gasteiger partial charge in [0.1, 0.15) is 11.8 Å². The molecule has 3 rings (SSSR count). The second kappa shape index (κ2) is 7.40. The van der Waals surface area contributed by atoms with Gasteiger partial charge in [-0.1, -0.05) is 6.07 Å². The Morgan fingerprint density at radius 2 is 2.15 bits per heavy atom. The van der Waals surface area contributed by atoms with Crippen LogP contribution in [0, 0.1) is 5.92 Å². The van der Waals surface area contributed by atoms with Crippen LogP contribution < -0.4 is 10.6 Å².